The van der Waals surface area contributed by atoms with E-state index in [1.807, 2.05) is 23.9 Å². The van der Waals surface area contributed by atoms with E-state index in [9.17, 15) is 4.39 Å². The van der Waals surface area contributed by atoms with E-state index in [0.29, 0.717) is 0 Å². The normalized spacial score (nSPS) is 20.6. The SMILES string of the molecule is CCC(N)C(c1ccc(F)cc1)N1CCSCC1. The summed E-state index contributed by atoms with van der Waals surface area (Å²) >= 11 is 1.99. The van der Waals surface area contributed by atoms with Gasteiger partial charge in [0.15, 0.2) is 0 Å². The van der Waals surface area contributed by atoms with Crippen molar-refractivity contribution in [2.45, 2.75) is 25.4 Å². The van der Waals surface area contributed by atoms with Crippen LogP contribution >= 0.6 is 11.8 Å². The molecule has 1 aliphatic heterocycles. The Morgan fingerprint density at radius 2 is 1.89 bits per heavy atom. The van der Waals surface area contributed by atoms with Crippen LogP contribution in [0.15, 0.2) is 24.3 Å². The molecule has 1 aromatic rings. The number of benzene rings is 1. The van der Waals surface area contributed by atoms with Gasteiger partial charge in [0.1, 0.15) is 5.82 Å². The summed E-state index contributed by atoms with van der Waals surface area (Å²) in [5, 5.41) is 0. The summed E-state index contributed by atoms with van der Waals surface area (Å²) in [5.74, 6) is 2.14. The fourth-order valence-electron chi connectivity index (χ4n) is 2.47. The molecule has 2 rings (SSSR count). The van der Waals surface area contributed by atoms with Gasteiger partial charge in [-0.15, -0.1) is 0 Å². The highest BCUT2D eigenvalue weighted by Gasteiger charge is 2.26. The Balaban J connectivity index is 2.20. The smallest absolute Gasteiger partial charge is 0.123 e. The van der Waals surface area contributed by atoms with E-state index in [1.54, 1.807) is 0 Å². The maximum absolute atomic E-state index is 13.0. The summed E-state index contributed by atoms with van der Waals surface area (Å²) in [6.07, 6.45) is 0.936. The zero-order valence-corrected chi connectivity index (χ0v) is 11.6. The zero-order chi connectivity index (χ0) is 13.0. The Morgan fingerprint density at radius 3 is 2.44 bits per heavy atom. The lowest BCUT2D eigenvalue weighted by Crippen LogP contribution is -2.44. The van der Waals surface area contributed by atoms with Gasteiger partial charge < -0.3 is 5.73 Å². The number of nitrogens with two attached hydrogens (primary N) is 1. The van der Waals surface area contributed by atoms with E-state index in [4.69, 9.17) is 5.73 Å². The van der Waals surface area contributed by atoms with Crippen molar-refractivity contribution in [2.75, 3.05) is 24.6 Å². The first kappa shape index (κ1) is 13.8. The van der Waals surface area contributed by atoms with E-state index >= 15 is 0 Å². The highest BCUT2D eigenvalue weighted by Crippen LogP contribution is 2.27. The predicted molar refractivity (Wildman–Crippen MR) is 76.3 cm³/mol. The second-order valence-corrected chi connectivity index (χ2v) is 5.94. The van der Waals surface area contributed by atoms with Gasteiger partial charge in [-0.2, -0.15) is 11.8 Å². The van der Waals surface area contributed by atoms with Crippen molar-refractivity contribution >= 4 is 11.8 Å². The highest BCUT2D eigenvalue weighted by molar-refractivity contribution is 7.99. The molecule has 0 amide bonds. The fraction of sp³-hybridized carbons (Fsp3) is 0.571. The highest BCUT2D eigenvalue weighted by atomic mass is 32.2. The van der Waals surface area contributed by atoms with Crippen molar-refractivity contribution in [1.29, 1.82) is 0 Å². The topological polar surface area (TPSA) is 29.3 Å². The third kappa shape index (κ3) is 3.25. The van der Waals surface area contributed by atoms with Crippen LogP contribution in [0, 0.1) is 5.82 Å². The standard InChI is InChI=1S/C14H21FN2S/c1-2-13(16)14(17-7-9-18-10-8-17)11-3-5-12(15)6-4-11/h3-6,13-14H,2,7-10,16H2,1H3. The van der Waals surface area contributed by atoms with E-state index < -0.39 is 0 Å². The Hall–Kier alpha value is -0.580. The summed E-state index contributed by atoms with van der Waals surface area (Å²) in [5.41, 5.74) is 7.41. The molecule has 0 aliphatic carbocycles. The third-order valence-electron chi connectivity index (χ3n) is 3.53. The first-order valence-electron chi connectivity index (χ1n) is 6.55. The Morgan fingerprint density at radius 1 is 1.28 bits per heavy atom. The first-order valence-corrected chi connectivity index (χ1v) is 7.70. The molecule has 2 atom stereocenters. The number of nitrogens with zero attached hydrogens (tertiary/aromatic N) is 1. The van der Waals surface area contributed by atoms with Crippen LogP contribution < -0.4 is 5.73 Å². The van der Waals surface area contributed by atoms with Crippen LogP contribution in [0.2, 0.25) is 0 Å². The van der Waals surface area contributed by atoms with Crippen LogP contribution in [0.25, 0.3) is 0 Å². The van der Waals surface area contributed by atoms with Gasteiger partial charge in [-0.25, -0.2) is 4.39 Å². The Labute approximate surface area is 113 Å². The molecule has 18 heavy (non-hydrogen) atoms. The van der Waals surface area contributed by atoms with Crippen LogP contribution in [0.3, 0.4) is 0 Å². The quantitative estimate of drug-likeness (QED) is 0.910. The molecule has 1 aliphatic rings. The predicted octanol–water partition coefficient (Wildman–Crippen LogP) is 2.65. The molecule has 0 bridgehead atoms. The van der Waals surface area contributed by atoms with Crippen molar-refractivity contribution in [3.05, 3.63) is 35.6 Å². The Bertz CT molecular complexity index is 363. The van der Waals surface area contributed by atoms with Crippen molar-refractivity contribution in [1.82, 2.24) is 4.90 Å². The lowest BCUT2D eigenvalue weighted by Gasteiger charge is -2.37. The molecule has 1 heterocycles. The summed E-state index contributed by atoms with van der Waals surface area (Å²) < 4.78 is 13.0. The molecule has 0 aromatic heterocycles. The van der Waals surface area contributed by atoms with E-state index in [1.165, 1.54) is 12.1 Å². The average molecular weight is 268 g/mol. The van der Waals surface area contributed by atoms with E-state index in [2.05, 4.69) is 11.8 Å². The van der Waals surface area contributed by atoms with Crippen LogP contribution in [0.1, 0.15) is 24.9 Å². The van der Waals surface area contributed by atoms with Gasteiger partial charge in [-0.05, 0) is 24.1 Å². The monoisotopic (exact) mass is 268 g/mol. The molecule has 4 heteroatoms. The number of hydrogen-bond donors (Lipinski definition) is 1. The summed E-state index contributed by atoms with van der Waals surface area (Å²) in [6.45, 7) is 4.25. The molecule has 100 valence electrons. The number of halogens is 1. The van der Waals surface area contributed by atoms with Gasteiger partial charge in [0.25, 0.3) is 0 Å². The molecular formula is C14H21FN2S. The Kier molecular flexibility index (Phi) is 5.03. The average Bonchev–Trinajstić information content (AvgIpc) is 2.42. The van der Waals surface area contributed by atoms with Gasteiger partial charge in [0.05, 0.1) is 0 Å². The van der Waals surface area contributed by atoms with Crippen LogP contribution in [-0.4, -0.2) is 35.5 Å². The van der Waals surface area contributed by atoms with Crippen molar-refractivity contribution in [2.24, 2.45) is 5.73 Å². The molecule has 1 fully saturated rings. The second kappa shape index (κ2) is 6.55. The number of thioether (sulfide) groups is 1. The molecule has 0 radical (unpaired) electrons. The van der Waals surface area contributed by atoms with E-state index in [0.717, 1.165) is 36.6 Å². The van der Waals surface area contributed by atoms with Crippen LogP contribution in [0.4, 0.5) is 4.39 Å². The second-order valence-electron chi connectivity index (χ2n) is 4.72. The van der Waals surface area contributed by atoms with Gasteiger partial charge in [-0.3, -0.25) is 4.90 Å². The van der Waals surface area contributed by atoms with Crippen LogP contribution in [-0.2, 0) is 0 Å². The zero-order valence-electron chi connectivity index (χ0n) is 10.8. The molecular weight excluding hydrogens is 247 g/mol. The van der Waals surface area contributed by atoms with Crippen LogP contribution in [0.5, 0.6) is 0 Å². The minimum atomic E-state index is -0.184. The fourth-order valence-corrected chi connectivity index (χ4v) is 3.40. The van der Waals surface area contributed by atoms with Crippen molar-refractivity contribution < 1.29 is 4.39 Å². The number of hydrogen-bond acceptors (Lipinski definition) is 3. The largest absolute Gasteiger partial charge is 0.326 e. The maximum Gasteiger partial charge on any atom is 0.123 e. The lowest BCUT2D eigenvalue weighted by atomic mass is 9.96. The lowest BCUT2D eigenvalue weighted by molar-refractivity contribution is 0.186. The summed E-state index contributed by atoms with van der Waals surface area (Å²) in [6, 6.07) is 7.14. The summed E-state index contributed by atoms with van der Waals surface area (Å²) in [4.78, 5) is 2.44. The molecule has 2 unspecified atom stereocenters. The molecule has 0 spiro atoms. The molecule has 2 N–H and O–H groups in total. The first-order chi connectivity index (χ1) is 8.72. The van der Waals surface area contributed by atoms with E-state index in [-0.39, 0.29) is 17.9 Å². The minimum absolute atomic E-state index is 0.110. The summed E-state index contributed by atoms with van der Waals surface area (Å²) in [7, 11) is 0. The minimum Gasteiger partial charge on any atom is -0.326 e. The van der Waals surface area contributed by atoms with Gasteiger partial charge in [-0.1, -0.05) is 19.1 Å². The van der Waals surface area contributed by atoms with Crippen molar-refractivity contribution in [3.63, 3.8) is 0 Å². The molecule has 0 saturated carbocycles. The maximum atomic E-state index is 13.0. The van der Waals surface area contributed by atoms with Crippen molar-refractivity contribution in [3.8, 4) is 0 Å². The molecule has 2 nitrogen and oxygen atoms in total. The van der Waals surface area contributed by atoms with Gasteiger partial charge in [0.2, 0.25) is 0 Å². The molecule has 1 aromatic carbocycles. The van der Waals surface area contributed by atoms with Gasteiger partial charge >= 0.3 is 0 Å². The third-order valence-corrected chi connectivity index (χ3v) is 4.47. The van der Waals surface area contributed by atoms with Gasteiger partial charge in [0, 0.05) is 36.7 Å². The number of rotatable bonds is 4. The molecule has 1 saturated heterocycles.